The van der Waals surface area contributed by atoms with Crippen molar-refractivity contribution in [1.82, 2.24) is 0 Å². The Hall–Kier alpha value is -2.40. The number of nitrogens with two attached hydrogens (primary N) is 1. The zero-order valence-electron chi connectivity index (χ0n) is 12.5. The number of carbonyl (C=O) groups excluding carboxylic acids is 1. The molecule has 5 nitrogen and oxygen atoms in total. The third-order valence-electron chi connectivity index (χ3n) is 3.74. The molecular formula is C17H16ClNO4. The van der Waals surface area contributed by atoms with Gasteiger partial charge in [-0.15, -0.1) is 0 Å². The first-order valence-electron chi connectivity index (χ1n) is 7.15. The molecule has 1 aliphatic heterocycles. The predicted octanol–water partition coefficient (Wildman–Crippen LogP) is 3.93. The molecule has 1 atom stereocenters. The lowest BCUT2D eigenvalue weighted by Gasteiger charge is -2.25. The molecule has 120 valence electrons. The van der Waals surface area contributed by atoms with Gasteiger partial charge in [0.1, 0.15) is 17.6 Å². The number of fused-ring (bicyclic) bond motifs is 1. The molecule has 0 spiro atoms. The first-order valence-corrected chi connectivity index (χ1v) is 7.53. The molecule has 0 fully saturated rings. The lowest BCUT2D eigenvalue weighted by Crippen LogP contribution is -2.22. The van der Waals surface area contributed by atoms with E-state index in [4.69, 9.17) is 31.5 Å². The quantitative estimate of drug-likeness (QED) is 0.923. The summed E-state index contributed by atoms with van der Waals surface area (Å²) in [5.41, 5.74) is 7.66. The Morgan fingerprint density at radius 3 is 2.87 bits per heavy atom. The van der Waals surface area contributed by atoms with Gasteiger partial charge in [0.15, 0.2) is 0 Å². The van der Waals surface area contributed by atoms with Gasteiger partial charge in [-0.2, -0.15) is 0 Å². The number of methoxy groups -OCH3 is 1. The zero-order chi connectivity index (χ0) is 16.4. The topological polar surface area (TPSA) is 70.8 Å². The lowest BCUT2D eigenvalue weighted by molar-refractivity contribution is 0.0766. The molecule has 1 amide bonds. The summed E-state index contributed by atoms with van der Waals surface area (Å²) in [6.07, 6.45) is -0.594. The number of hydrogen-bond acceptors (Lipinski definition) is 4. The third kappa shape index (κ3) is 3.19. The Morgan fingerprint density at radius 1 is 1.30 bits per heavy atom. The summed E-state index contributed by atoms with van der Waals surface area (Å²) in [5.74, 6) is 1.39. The average molecular weight is 334 g/mol. The molecule has 0 aromatic heterocycles. The van der Waals surface area contributed by atoms with Crippen LogP contribution in [0.2, 0.25) is 5.02 Å². The minimum atomic E-state index is -0.789. The highest BCUT2D eigenvalue weighted by molar-refractivity contribution is 6.33. The molecule has 2 aromatic rings. The van der Waals surface area contributed by atoms with Crippen molar-refractivity contribution in [3.63, 3.8) is 0 Å². The fourth-order valence-corrected chi connectivity index (χ4v) is 2.87. The minimum Gasteiger partial charge on any atom is -0.497 e. The number of carbonyl (C=O) groups is 1. The highest BCUT2D eigenvalue weighted by Gasteiger charge is 2.24. The summed E-state index contributed by atoms with van der Waals surface area (Å²) >= 11 is 6.29. The Morgan fingerprint density at radius 2 is 2.13 bits per heavy atom. The standard InChI is InChI=1S/C17H16ClNO4/c1-21-11-3-5-14(18)13(9-11)10-2-4-12-15(23-17(19)20)6-7-22-16(12)8-10/h2-5,8-9,15H,6-7H2,1H3,(H2,19,20). The van der Waals surface area contributed by atoms with E-state index in [-0.39, 0.29) is 6.10 Å². The van der Waals surface area contributed by atoms with E-state index in [0.717, 1.165) is 22.4 Å². The van der Waals surface area contributed by atoms with Crippen LogP contribution in [0.3, 0.4) is 0 Å². The number of primary amides is 1. The van der Waals surface area contributed by atoms with Gasteiger partial charge in [0, 0.05) is 22.6 Å². The second kappa shape index (κ2) is 6.38. The van der Waals surface area contributed by atoms with Crippen molar-refractivity contribution in [2.75, 3.05) is 13.7 Å². The molecule has 2 aromatic carbocycles. The van der Waals surface area contributed by atoms with Crippen molar-refractivity contribution in [2.45, 2.75) is 12.5 Å². The fraction of sp³-hybridized carbons (Fsp3) is 0.235. The summed E-state index contributed by atoms with van der Waals surface area (Å²) in [6, 6.07) is 11.1. The highest BCUT2D eigenvalue weighted by Crippen LogP contribution is 2.39. The van der Waals surface area contributed by atoms with Crippen molar-refractivity contribution in [2.24, 2.45) is 5.73 Å². The van der Waals surface area contributed by atoms with Gasteiger partial charge >= 0.3 is 6.09 Å². The SMILES string of the molecule is COc1ccc(Cl)c(-c2ccc3c(c2)OCCC3OC(N)=O)c1. The van der Waals surface area contributed by atoms with E-state index in [1.165, 1.54) is 0 Å². The van der Waals surface area contributed by atoms with Gasteiger partial charge in [0.25, 0.3) is 0 Å². The van der Waals surface area contributed by atoms with Crippen LogP contribution in [0.15, 0.2) is 36.4 Å². The van der Waals surface area contributed by atoms with Crippen LogP contribution in [0, 0.1) is 0 Å². The molecule has 1 unspecified atom stereocenters. The van der Waals surface area contributed by atoms with Crippen molar-refractivity contribution >= 4 is 17.7 Å². The average Bonchev–Trinajstić information content (AvgIpc) is 2.54. The highest BCUT2D eigenvalue weighted by atomic mass is 35.5. The Bertz CT molecular complexity index is 747. The number of hydrogen-bond donors (Lipinski definition) is 1. The van der Waals surface area contributed by atoms with E-state index in [1.54, 1.807) is 19.2 Å². The van der Waals surface area contributed by atoms with Crippen LogP contribution in [-0.2, 0) is 4.74 Å². The first-order chi connectivity index (χ1) is 11.1. The monoisotopic (exact) mass is 333 g/mol. The second-order valence-electron chi connectivity index (χ2n) is 5.16. The van der Waals surface area contributed by atoms with Crippen LogP contribution < -0.4 is 15.2 Å². The number of halogens is 1. The van der Waals surface area contributed by atoms with E-state index in [1.807, 2.05) is 24.3 Å². The summed E-state index contributed by atoms with van der Waals surface area (Å²) in [5, 5.41) is 0.617. The maximum Gasteiger partial charge on any atom is 0.405 e. The van der Waals surface area contributed by atoms with Gasteiger partial charge in [0.05, 0.1) is 13.7 Å². The van der Waals surface area contributed by atoms with Crippen LogP contribution in [0.4, 0.5) is 4.79 Å². The molecule has 2 N–H and O–H groups in total. The van der Waals surface area contributed by atoms with Crippen LogP contribution in [0.25, 0.3) is 11.1 Å². The minimum absolute atomic E-state index is 0.383. The maximum absolute atomic E-state index is 11.0. The Labute approximate surface area is 138 Å². The molecule has 1 aliphatic rings. The summed E-state index contributed by atoms with van der Waals surface area (Å²) in [7, 11) is 1.61. The largest absolute Gasteiger partial charge is 0.497 e. The molecule has 0 bridgehead atoms. The van der Waals surface area contributed by atoms with Gasteiger partial charge < -0.3 is 19.9 Å². The smallest absolute Gasteiger partial charge is 0.405 e. The first kappa shape index (κ1) is 15.5. The molecule has 1 heterocycles. The van der Waals surface area contributed by atoms with Gasteiger partial charge in [-0.1, -0.05) is 23.7 Å². The van der Waals surface area contributed by atoms with E-state index in [0.29, 0.717) is 23.8 Å². The van der Waals surface area contributed by atoms with E-state index >= 15 is 0 Å². The van der Waals surface area contributed by atoms with Gasteiger partial charge in [0.2, 0.25) is 0 Å². The molecule has 0 saturated carbocycles. The number of benzene rings is 2. The Kier molecular flexibility index (Phi) is 4.30. The summed E-state index contributed by atoms with van der Waals surface area (Å²) < 4.78 is 16.1. The third-order valence-corrected chi connectivity index (χ3v) is 4.07. The van der Waals surface area contributed by atoms with Crippen molar-refractivity contribution in [3.8, 4) is 22.6 Å². The van der Waals surface area contributed by atoms with Crippen LogP contribution in [-0.4, -0.2) is 19.8 Å². The van der Waals surface area contributed by atoms with Crippen LogP contribution >= 0.6 is 11.6 Å². The fourth-order valence-electron chi connectivity index (χ4n) is 2.64. The van der Waals surface area contributed by atoms with Gasteiger partial charge in [-0.25, -0.2) is 4.79 Å². The van der Waals surface area contributed by atoms with Crippen LogP contribution in [0.5, 0.6) is 11.5 Å². The maximum atomic E-state index is 11.0. The van der Waals surface area contributed by atoms with Crippen molar-refractivity contribution < 1.29 is 19.0 Å². The van der Waals surface area contributed by atoms with Gasteiger partial charge in [-0.05, 0) is 29.8 Å². The lowest BCUT2D eigenvalue weighted by atomic mass is 9.98. The molecule has 0 aliphatic carbocycles. The number of ether oxygens (including phenoxy) is 3. The van der Waals surface area contributed by atoms with Crippen LogP contribution in [0.1, 0.15) is 18.1 Å². The number of rotatable bonds is 3. The molecule has 3 rings (SSSR count). The van der Waals surface area contributed by atoms with E-state index in [2.05, 4.69) is 0 Å². The molecular weight excluding hydrogens is 318 g/mol. The summed E-state index contributed by atoms with van der Waals surface area (Å²) in [4.78, 5) is 11.0. The molecule has 0 radical (unpaired) electrons. The zero-order valence-corrected chi connectivity index (χ0v) is 13.3. The van der Waals surface area contributed by atoms with Crippen molar-refractivity contribution in [3.05, 3.63) is 47.0 Å². The molecule has 0 saturated heterocycles. The number of amides is 1. The van der Waals surface area contributed by atoms with E-state index in [9.17, 15) is 4.79 Å². The Balaban J connectivity index is 1.99. The van der Waals surface area contributed by atoms with E-state index < -0.39 is 6.09 Å². The summed E-state index contributed by atoms with van der Waals surface area (Å²) in [6.45, 7) is 0.459. The van der Waals surface area contributed by atoms with Crippen molar-refractivity contribution in [1.29, 1.82) is 0 Å². The molecule has 23 heavy (non-hydrogen) atoms. The molecule has 6 heteroatoms. The predicted molar refractivity (Wildman–Crippen MR) is 87.0 cm³/mol. The normalized spacial score (nSPS) is 16.2. The second-order valence-corrected chi connectivity index (χ2v) is 5.57. The van der Waals surface area contributed by atoms with Gasteiger partial charge in [-0.3, -0.25) is 0 Å².